The van der Waals surface area contributed by atoms with Gasteiger partial charge in [-0.15, -0.1) is 0 Å². The number of hydrogen-bond acceptors (Lipinski definition) is 2. The monoisotopic (exact) mass is 141 g/mol. The molecule has 0 aromatic carbocycles. The lowest BCUT2D eigenvalue weighted by Gasteiger charge is -2.10. The SMILES string of the molecule is C[C@@H](C=O)C[C@@H]1CCCN1. The molecular formula is C8H15NO. The van der Waals surface area contributed by atoms with E-state index in [9.17, 15) is 4.79 Å². The molecule has 1 saturated heterocycles. The van der Waals surface area contributed by atoms with Crippen molar-refractivity contribution in [1.29, 1.82) is 0 Å². The fourth-order valence-electron chi connectivity index (χ4n) is 1.46. The average molecular weight is 141 g/mol. The zero-order valence-electron chi connectivity index (χ0n) is 6.47. The van der Waals surface area contributed by atoms with Crippen LogP contribution in [0.15, 0.2) is 0 Å². The Bertz CT molecular complexity index is 108. The van der Waals surface area contributed by atoms with Crippen LogP contribution < -0.4 is 5.32 Å². The van der Waals surface area contributed by atoms with E-state index in [1.54, 1.807) is 0 Å². The molecule has 1 aliphatic rings. The molecule has 0 saturated carbocycles. The summed E-state index contributed by atoms with van der Waals surface area (Å²) < 4.78 is 0. The van der Waals surface area contributed by atoms with Crippen LogP contribution in [0.5, 0.6) is 0 Å². The highest BCUT2D eigenvalue weighted by atomic mass is 16.1. The Morgan fingerprint density at radius 1 is 1.80 bits per heavy atom. The summed E-state index contributed by atoms with van der Waals surface area (Å²) in [6.07, 6.45) is 4.58. The van der Waals surface area contributed by atoms with Crippen molar-refractivity contribution in [3.05, 3.63) is 0 Å². The predicted octanol–water partition coefficient (Wildman–Crippen LogP) is 0.964. The maximum Gasteiger partial charge on any atom is 0.122 e. The summed E-state index contributed by atoms with van der Waals surface area (Å²) in [5.41, 5.74) is 0. The summed E-state index contributed by atoms with van der Waals surface area (Å²) in [5.74, 6) is 0.232. The largest absolute Gasteiger partial charge is 0.314 e. The van der Waals surface area contributed by atoms with E-state index in [0.717, 1.165) is 19.3 Å². The first-order valence-electron chi connectivity index (χ1n) is 4.01. The zero-order chi connectivity index (χ0) is 7.40. The van der Waals surface area contributed by atoms with Gasteiger partial charge in [0.25, 0.3) is 0 Å². The summed E-state index contributed by atoms with van der Waals surface area (Å²) in [5, 5.41) is 3.36. The van der Waals surface area contributed by atoms with E-state index in [2.05, 4.69) is 5.32 Å². The maximum atomic E-state index is 10.3. The van der Waals surface area contributed by atoms with Crippen LogP contribution >= 0.6 is 0 Å². The van der Waals surface area contributed by atoms with E-state index in [-0.39, 0.29) is 5.92 Å². The molecule has 2 atom stereocenters. The van der Waals surface area contributed by atoms with E-state index in [1.165, 1.54) is 12.8 Å². The minimum Gasteiger partial charge on any atom is -0.314 e. The van der Waals surface area contributed by atoms with E-state index in [0.29, 0.717) is 6.04 Å². The van der Waals surface area contributed by atoms with Gasteiger partial charge < -0.3 is 10.1 Å². The fraction of sp³-hybridized carbons (Fsp3) is 0.875. The van der Waals surface area contributed by atoms with Crippen molar-refractivity contribution in [1.82, 2.24) is 5.32 Å². The van der Waals surface area contributed by atoms with Crippen molar-refractivity contribution in [3.63, 3.8) is 0 Å². The molecule has 0 aromatic heterocycles. The Labute approximate surface area is 62.0 Å². The standard InChI is InChI=1S/C8H15NO/c1-7(6-10)5-8-3-2-4-9-8/h6-9H,2-5H2,1H3/t7-,8+/m1/s1. The van der Waals surface area contributed by atoms with Gasteiger partial charge in [0.2, 0.25) is 0 Å². The molecule has 2 nitrogen and oxygen atoms in total. The van der Waals surface area contributed by atoms with Crippen molar-refractivity contribution >= 4 is 6.29 Å². The molecule has 1 heterocycles. The van der Waals surface area contributed by atoms with Crippen molar-refractivity contribution in [2.45, 2.75) is 32.2 Å². The molecule has 1 N–H and O–H groups in total. The van der Waals surface area contributed by atoms with E-state index < -0.39 is 0 Å². The first-order valence-corrected chi connectivity index (χ1v) is 4.01. The molecule has 0 spiro atoms. The Balaban J connectivity index is 2.17. The first-order chi connectivity index (χ1) is 4.83. The number of rotatable bonds is 3. The molecule has 0 amide bonds. The number of hydrogen-bond donors (Lipinski definition) is 1. The molecular weight excluding hydrogens is 126 g/mol. The van der Waals surface area contributed by atoms with Crippen molar-refractivity contribution in [2.75, 3.05) is 6.54 Å². The van der Waals surface area contributed by atoms with Crippen LogP contribution in [0.4, 0.5) is 0 Å². The van der Waals surface area contributed by atoms with Gasteiger partial charge in [-0.25, -0.2) is 0 Å². The molecule has 1 aliphatic heterocycles. The second-order valence-corrected chi connectivity index (χ2v) is 3.14. The van der Waals surface area contributed by atoms with Crippen molar-refractivity contribution in [3.8, 4) is 0 Å². The number of carbonyl (C=O) groups excluding carboxylic acids is 1. The van der Waals surface area contributed by atoms with Crippen LogP contribution in [0.3, 0.4) is 0 Å². The lowest BCUT2D eigenvalue weighted by molar-refractivity contribution is -0.110. The summed E-state index contributed by atoms with van der Waals surface area (Å²) in [4.78, 5) is 10.3. The third-order valence-electron chi connectivity index (χ3n) is 2.05. The van der Waals surface area contributed by atoms with Gasteiger partial charge in [0, 0.05) is 12.0 Å². The topological polar surface area (TPSA) is 29.1 Å². The van der Waals surface area contributed by atoms with Gasteiger partial charge in [-0.1, -0.05) is 6.92 Å². The van der Waals surface area contributed by atoms with Crippen molar-refractivity contribution < 1.29 is 4.79 Å². The first kappa shape index (κ1) is 7.73. The van der Waals surface area contributed by atoms with Crippen LogP contribution in [-0.4, -0.2) is 18.9 Å². The van der Waals surface area contributed by atoms with E-state index >= 15 is 0 Å². The van der Waals surface area contributed by atoms with Crippen LogP contribution in [0.25, 0.3) is 0 Å². The molecule has 0 unspecified atom stereocenters. The smallest absolute Gasteiger partial charge is 0.122 e. The van der Waals surface area contributed by atoms with Crippen LogP contribution in [0, 0.1) is 5.92 Å². The summed E-state index contributed by atoms with van der Waals surface area (Å²) in [6, 6.07) is 0.611. The van der Waals surface area contributed by atoms with Crippen LogP contribution in [-0.2, 0) is 4.79 Å². The minimum atomic E-state index is 0.232. The maximum absolute atomic E-state index is 10.3. The zero-order valence-corrected chi connectivity index (χ0v) is 6.47. The van der Waals surface area contributed by atoms with Gasteiger partial charge in [0.15, 0.2) is 0 Å². The molecule has 1 fully saturated rings. The third kappa shape index (κ3) is 2.10. The lowest BCUT2D eigenvalue weighted by atomic mass is 10.0. The predicted molar refractivity (Wildman–Crippen MR) is 40.9 cm³/mol. The van der Waals surface area contributed by atoms with Crippen LogP contribution in [0.1, 0.15) is 26.2 Å². The third-order valence-corrected chi connectivity index (χ3v) is 2.05. The highest BCUT2D eigenvalue weighted by Crippen LogP contribution is 2.12. The van der Waals surface area contributed by atoms with E-state index in [4.69, 9.17) is 0 Å². The van der Waals surface area contributed by atoms with E-state index in [1.807, 2.05) is 6.92 Å². The minimum absolute atomic E-state index is 0.232. The normalized spacial score (nSPS) is 28.3. The number of nitrogens with one attached hydrogen (secondary N) is 1. The molecule has 0 aliphatic carbocycles. The van der Waals surface area contributed by atoms with Gasteiger partial charge >= 0.3 is 0 Å². The quantitative estimate of drug-likeness (QED) is 0.593. The second kappa shape index (κ2) is 3.71. The fourth-order valence-corrected chi connectivity index (χ4v) is 1.46. The molecule has 1 rings (SSSR count). The molecule has 0 bridgehead atoms. The Hall–Kier alpha value is -0.370. The Kier molecular flexibility index (Phi) is 2.87. The lowest BCUT2D eigenvalue weighted by Crippen LogP contribution is -2.23. The summed E-state index contributed by atoms with van der Waals surface area (Å²) >= 11 is 0. The molecule has 10 heavy (non-hydrogen) atoms. The van der Waals surface area contributed by atoms with Crippen molar-refractivity contribution in [2.24, 2.45) is 5.92 Å². The van der Waals surface area contributed by atoms with Gasteiger partial charge in [-0.3, -0.25) is 0 Å². The molecule has 2 heteroatoms. The van der Waals surface area contributed by atoms with Gasteiger partial charge in [0.05, 0.1) is 0 Å². The Morgan fingerprint density at radius 3 is 3.10 bits per heavy atom. The van der Waals surface area contributed by atoms with Crippen LogP contribution in [0.2, 0.25) is 0 Å². The number of carbonyl (C=O) groups is 1. The van der Waals surface area contributed by atoms with Gasteiger partial charge in [-0.2, -0.15) is 0 Å². The summed E-state index contributed by atoms with van der Waals surface area (Å²) in [6.45, 7) is 3.11. The summed E-state index contributed by atoms with van der Waals surface area (Å²) in [7, 11) is 0. The highest BCUT2D eigenvalue weighted by Gasteiger charge is 2.15. The van der Waals surface area contributed by atoms with Gasteiger partial charge in [-0.05, 0) is 25.8 Å². The molecule has 0 aromatic rings. The molecule has 58 valence electrons. The Morgan fingerprint density at radius 2 is 2.60 bits per heavy atom. The average Bonchev–Trinajstić information content (AvgIpc) is 2.40. The highest BCUT2D eigenvalue weighted by molar-refractivity contribution is 5.52. The molecule has 0 radical (unpaired) electrons. The second-order valence-electron chi connectivity index (χ2n) is 3.14. The van der Waals surface area contributed by atoms with Gasteiger partial charge in [0.1, 0.15) is 6.29 Å². The number of aldehydes is 1.